The van der Waals surface area contributed by atoms with E-state index in [2.05, 4.69) is 100 Å². The number of anilines is 2. The average Bonchev–Trinajstić information content (AvgIpc) is 3.35. The second-order valence-corrected chi connectivity index (χ2v) is 11.2. The number of carbonyl (C=O) groups excluding carboxylic acids is 1. The maximum Gasteiger partial charge on any atom is 0.219 e. The molecule has 2 atom stereocenters. The minimum Gasteiger partial charge on any atom is -0.368 e. The van der Waals surface area contributed by atoms with E-state index in [1.165, 1.54) is 0 Å². The van der Waals surface area contributed by atoms with E-state index in [4.69, 9.17) is 4.99 Å². The summed E-state index contributed by atoms with van der Waals surface area (Å²) < 4.78 is 0. The number of hydrogen-bond acceptors (Lipinski definition) is 6. The molecule has 198 valence electrons. The van der Waals surface area contributed by atoms with E-state index < -0.39 is 11.0 Å². The standard InChI is InChI=1S/C32H34N6O/c1-23(39)36-16-18-37(19-17-36)28-8-4-6-24(20-28)29-14-15-32-26(7-5-9-30(32)35-29)21-34-38(32)27-12-10-25(11-13-27)31(2,3)22-33/h4-15,20,26,34H,16-19,21H2,1-3H3. The molecule has 0 saturated carbocycles. The lowest BCUT2D eigenvalue weighted by Gasteiger charge is -2.43. The smallest absolute Gasteiger partial charge is 0.219 e. The van der Waals surface area contributed by atoms with Crippen molar-refractivity contribution in [3.05, 3.63) is 95.7 Å². The van der Waals surface area contributed by atoms with E-state index >= 15 is 0 Å². The van der Waals surface area contributed by atoms with Crippen LogP contribution in [-0.4, -0.2) is 54.8 Å². The van der Waals surface area contributed by atoms with Crippen molar-refractivity contribution in [2.24, 2.45) is 10.9 Å². The van der Waals surface area contributed by atoms with E-state index in [1.54, 1.807) is 6.92 Å². The van der Waals surface area contributed by atoms with Gasteiger partial charge in [0, 0.05) is 56.8 Å². The van der Waals surface area contributed by atoms with E-state index in [-0.39, 0.29) is 11.8 Å². The monoisotopic (exact) mass is 518 g/mol. The Kier molecular flexibility index (Phi) is 6.16. The quantitative estimate of drug-likeness (QED) is 0.652. The van der Waals surface area contributed by atoms with Crippen LogP contribution >= 0.6 is 0 Å². The number of hydrazine groups is 1. The Bertz CT molecular complexity index is 1450. The third-order valence-electron chi connectivity index (χ3n) is 8.51. The summed E-state index contributed by atoms with van der Waals surface area (Å²) in [5, 5.41) is 11.8. The van der Waals surface area contributed by atoms with E-state index in [9.17, 15) is 10.1 Å². The van der Waals surface area contributed by atoms with Crippen molar-refractivity contribution in [3.63, 3.8) is 0 Å². The summed E-state index contributed by atoms with van der Waals surface area (Å²) in [6, 6.07) is 19.2. The van der Waals surface area contributed by atoms with Crippen LogP contribution in [0.2, 0.25) is 0 Å². The van der Waals surface area contributed by atoms with Gasteiger partial charge >= 0.3 is 0 Å². The summed E-state index contributed by atoms with van der Waals surface area (Å²) in [5.41, 5.74) is 8.93. The summed E-state index contributed by atoms with van der Waals surface area (Å²) in [6.45, 7) is 9.51. The van der Waals surface area contributed by atoms with Gasteiger partial charge in [0.05, 0.1) is 28.6 Å². The maximum atomic E-state index is 11.7. The molecule has 1 aliphatic carbocycles. The molecule has 2 unspecified atom stereocenters. The number of piperazine rings is 1. The van der Waals surface area contributed by atoms with Crippen LogP contribution in [-0.2, 0) is 10.2 Å². The molecule has 2 fully saturated rings. The number of nitriles is 1. The van der Waals surface area contributed by atoms with E-state index in [0.29, 0.717) is 0 Å². The second-order valence-electron chi connectivity index (χ2n) is 11.2. The minimum atomic E-state index is -0.532. The summed E-state index contributed by atoms with van der Waals surface area (Å²) in [4.78, 5) is 21.2. The van der Waals surface area contributed by atoms with Crippen molar-refractivity contribution in [1.82, 2.24) is 10.3 Å². The van der Waals surface area contributed by atoms with Gasteiger partial charge in [0.25, 0.3) is 0 Å². The Morgan fingerprint density at radius 1 is 1.10 bits per heavy atom. The van der Waals surface area contributed by atoms with Crippen molar-refractivity contribution >= 4 is 23.0 Å². The number of dihydropyridines is 1. The van der Waals surface area contributed by atoms with Crippen LogP contribution in [0.5, 0.6) is 0 Å². The van der Waals surface area contributed by atoms with Gasteiger partial charge in [0.2, 0.25) is 5.91 Å². The number of allylic oxidation sites excluding steroid dienone is 3. The third kappa shape index (κ3) is 4.25. The van der Waals surface area contributed by atoms with Gasteiger partial charge in [-0.1, -0.05) is 36.4 Å². The molecule has 3 aliphatic heterocycles. The molecule has 1 spiro atoms. The number of hydrogen-bond donors (Lipinski definition) is 1. The first-order valence-electron chi connectivity index (χ1n) is 13.7. The lowest BCUT2D eigenvalue weighted by molar-refractivity contribution is -0.129. The highest BCUT2D eigenvalue weighted by atomic mass is 16.2. The summed E-state index contributed by atoms with van der Waals surface area (Å²) in [5.74, 6) is 0.391. The zero-order valence-corrected chi connectivity index (χ0v) is 22.8. The Morgan fingerprint density at radius 2 is 1.87 bits per heavy atom. The number of amides is 1. The molecule has 2 aromatic carbocycles. The zero-order chi connectivity index (χ0) is 27.2. The van der Waals surface area contributed by atoms with Crippen LogP contribution in [0.15, 0.2) is 89.6 Å². The Hall–Kier alpha value is -4.15. The van der Waals surface area contributed by atoms with Crippen molar-refractivity contribution < 1.29 is 4.79 Å². The van der Waals surface area contributed by atoms with Gasteiger partial charge in [-0.3, -0.25) is 9.80 Å². The lowest BCUT2D eigenvalue weighted by atomic mass is 9.76. The highest BCUT2D eigenvalue weighted by Crippen LogP contribution is 2.45. The summed E-state index contributed by atoms with van der Waals surface area (Å²) >= 11 is 0. The fourth-order valence-electron chi connectivity index (χ4n) is 6.06. The fraction of sp³-hybridized carbons (Fsp3) is 0.344. The average molecular weight is 519 g/mol. The van der Waals surface area contributed by atoms with Gasteiger partial charge in [-0.05, 0) is 61.9 Å². The molecule has 4 aliphatic rings. The van der Waals surface area contributed by atoms with Crippen LogP contribution in [0.4, 0.5) is 11.4 Å². The first-order chi connectivity index (χ1) is 18.8. The van der Waals surface area contributed by atoms with Crippen LogP contribution in [0, 0.1) is 17.2 Å². The number of benzene rings is 2. The molecule has 2 aromatic rings. The highest BCUT2D eigenvalue weighted by Gasteiger charge is 2.51. The number of rotatable bonds is 4. The third-order valence-corrected chi connectivity index (χ3v) is 8.51. The Labute approximate surface area is 230 Å². The fourth-order valence-corrected chi connectivity index (χ4v) is 6.06. The van der Waals surface area contributed by atoms with Gasteiger partial charge < -0.3 is 9.80 Å². The molecular weight excluding hydrogens is 484 g/mol. The largest absolute Gasteiger partial charge is 0.368 e. The van der Waals surface area contributed by atoms with Crippen molar-refractivity contribution in [2.75, 3.05) is 42.6 Å². The Balaban J connectivity index is 1.28. The van der Waals surface area contributed by atoms with Crippen LogP contribution in [0.25, 0.3) is 0 Å². The van der Waals surface area contributed by atoms with Gasteiger partial charge in [-0.25, -0.2) is 10.4 Å². The topological polar surface area (TPSA) is 75.0 Å². The molecule has 2 saturated heterocycles. The molecule has 1 amide bonds. The normalized spacial score (nSPS) is 24.1. The number of nitrogens with zero attached hydrogens (tertiary/aromatic N) is 5. The van der Waals surface area contributed by atoms with Gasteiger partial charge in [-0.2, -0.15) is 5.26 Å². The van der Waals surface area contributed by atoms with Gasteiger partial charge in [-0.15, -0.1) is 0 Å². The molecule has 0 radical (unpaired) electrons. The molecule has 1 N–H and O–H groups in total. The first-order valence-corrected chi connectivity index (χ1v) is 13.7. The molecule has 6 rings (SSSR count). The van der Waals surface area contributed by atoms with Crippen LogP contribution in [0.3, 0.4) is 0 Å². The molecule has 39 heavy (non-hydrogen) atoms. The second kappa shape index (κ2) is 9.55. The molecule has 7 nitrogen and oxygen atoms in total. The van der Waals surface area contributed by atoms with Crippen molar-refractivity contribution in [3.8, 4) is 6.07 Å². The summed E-state index contributed by atoms with van der Waals surface area (Å²) in [6.07, 6.45) is 10.9. The van der Waals surface area contributed by atoms with Crippen molar-refractivity contribution in [1.29, 1.82) is 5.26 Å². The predicted molar refractivity (Wildman–Crippen MR) is 156 cm³/mol. The highest BCUT2D eigenvalue weighted by molar-refractivity contribution is 6.11. The summed E-state index contributed by atoms with van der Waals surface area (Å²) in [7, 11) is 0. The maximum absolute atomic E-state index is 11.7. The van der Waals surface area contributed by atoms with Crippen LogP contribution < -0.4 is 15.3 Å². The van der Waals surface area contributed by atoms with E-state index in [1.807, 2.05) is 18.7 Å². The number of carbonyl (C=O) groups is 1. The first kappa shape index (κ1) is 25.1. The van der Waals surface area contributed by atoms with E-state index in [0.717, 1.165) is 66.6 Å². The number of aliphatic imine (C=N–C) groups is 1. The predicted octanol–water partition coefficient (Wildman–Crippen LogP) is 4.35. The van der Waals surface area contributed by atoms with Gasteiger partial charge in [0.1, 0.15) is 5.54 Å². The minimum absolute atomic E-state index is 0.143. The van der Waals surface area contributed by atoms with Crippen LogP contribution in [0.1, 0.15) is 31.9 Å². The SMILES string of the molecule is CC(=O)N1CCN(c2cccc(C3=NC4=CC=CC5CNN(c6ccc(C(C)(C)C#N)cc6)C45C=C3)c2)CC1. The zero-order valence-electron chi connectivity index (χ0n) is 22.8. The molecule has 7 heteroatoms. The Morgan fingerprint density at radius 3 is 2.59 bits per heavy atom. The molecule has 0 bridgehead atoms. The number of nitrogens with one attached hydrogen (secondary N) is 1. The molecular formula is C32H34N6O. The van der Waals surface area contributed by atoms with Gasteiger partial charge in [0.15, 0.2) is 0 Å². The molecule has 0 aromatic heterocycles. The van der Waals surface area contributed by atoms with Crippen molar-refractivity contribution in [2.45, 2.75) is 31.7 Å². The molecule has 3 heterocycles. The lowest BCUT2D eigenvalue weighted by Crippen LogP contribution is -2.52.